The second kappa shape index (κ2) is 5.19. The van der Waals surface area contributed by atoms with Gasteiger partial charge >= 0.3 is 0 Å². The van der Waals surface area contributed by atoms with Crippen molar-refractivity contribution in [2.24, 2.45) is 0 Å². The molecule has 0 aliphatic carbocycles. The molecular weight excluding hydrogens is 212 g/mol. The molecule has 0 amide bonds. The van der Waals surface area contributed by atoms with Crippen LogP contribution in [0.5, 0.6) is 0 Å². The first-order valence-corrected chi connectivity index (χ1v) is 6.04. The summed E-state index contributed by atoms with van der Waals surface area (Å²) in [5.41, 5.74) is 2.18. The number of rotatable bonds is 4. The van der Waals surface area contributed by atoms with E-state index in [9.17, 15) is 5.11 Å². The van der Waals surface area contributed by atoms with Crippen LogP contribution in [0.2, 0.25) is 0 Å². The van der Waals surface area contributed by atoms with Crippen LogP contribution >= 0.6 is 0 Å². The maximum Gasteiger partial charge on any atom is 0.137 e. The summed E-state index contributed by atoms with van der Waals surface area (Å²) in [5.74, 6) is 1.42. The quantitative estimate of drug-likeness (QED) is 0.870. The summed E-state index contributed by atoms with van der Waals surface area (Å²) in [6, 6.07) is 11.8. The third-order valence-electron chi connectivity index (χ3n) is 2.86. The zero-order valence-electron chi connectivity index (χ0n) is 10.3. The van der Waals surface area contributed by atoms with E-state index in [1.807, 2.05) is 31.2 Å². The molecule has 90 valence electrons. The zero-order chi connectivity index (χ0) is 12.3. The first-order valence-electron chi connectivity index (χ1n) is 6.04. The lowest BCUT2D eigenvalue weighted by Crippen LogP contribution is -1.98. The molecule has 0 aliphatic rings. The summed E-state index contributed by atoms with van der Waals surface area (Å²) in [5, 5.41) is 10.1. The fraction of sp³-hybridized carbons (Fsp3) is 0.333. The van der Waals surface area contributed by atoms with Crippen molar-refractivity contribution in [3.05, 3.63) is 59.0 Å². The Morgan fingerprint density at radius 3 is 2.35 bits per heavy atom. The van der Waals surface area contributed by atoms with Crippen LogP contribution in [0.4, 0.5) is 0 Å². The smallest absolute Gasteiger partial charge is 0.137 e. The number of benzene rings is 1. The summed E-state index contributed by atoms with van der Waals surface area (Å²) < 4.78 is 5.43. The Morgan fingerprint density at radius 1 is 1.12 bits per heavy atom. The van der Waals surface area contributed by atoms with Gasteiger partial charge in [-0.1, -0.05) is 37.6 Å². The highest BCUT2D eigenvalue weighted by Gasteiger charge is 2.13. The van der Waals surface area contributed by atoms with E-state index in [1.54, 1.807) is 0 Å². The van der Waals surface area contributed by atoms with E-state index >= 15 is 0 Å². The second-order valence-corrected chi connectivity index (χ2v) is 4.34. The van der Waals surface area contributed by atoms with Gasteiger partial charge in [-0.3, -0.25) is 0 Å². The third kappa shape index (κ3) is 2.77. The van der Waals surface area contributed by atoms with Crippen LogP contribution in [-0.4, -0.2) is 5.11 Å². The summed E-state index contributed by atoms with van der Waals surface area (Å²) in [7, 11) is 0. The molecule has 0 fully saturated rings. The molecule has 1 aromatic carbocycles. The Labute approximate surface area is 102 Å². The van der Waals surface area contributed by atoms with Gasteiger partial charge in [-0.05, 0) is 36.6 Å². The number of furan rings is 1. The summed E-state index contributed by atoms with van der Waals surface area (Å²) in [6.07, 6.45) is 1.55. The van der Waals surface area contributed by atoms with Gasteiger partial charge in [0.1, 0.15) is 17.6 Å². The van der Waals surface area contributed by atoms with Crippen LogP contribution in [0.25, 0.3) is 0 Å². The molecular formula is C15H18O2. The standard InChI is InChI=1S/C15H18O2/c1-3-4-12-6-8-13(9-7-12)15(16)14-10-5-11(2)17-14/h5-10,15-16H,3-4H2,1-2H3. The highest BCUT2D eigenvalue weighted by molar-refractivity contribution is 5.28. The second-order valence-electron chi connectivity index (χ2n) is 4.34. The minimum atomic E-state index is -0.667. The minimum Gasteiger partial charge on any atom is -0.463 e. The van der Waals surface area contributed by atoms with Crippen LogP contribution in [0.15, 0.2) is 40.8 Å². The molecule has 0 aliphatic heterocycles. The van der Waals surface area contributed by atoms with Gasteiger partial charge in [-0.25, -0.2) is 0 Å². The van der Waals surface area contributed by atoms with Crippen LogP contribution in [-0.2, 0) is 6.42 Å². The van der Waals surface area contributed by atoms with Crippen molar-refractivity contribution in [2.75, 3.05) is 0 Å². The van der Waals surface area contributed by atoms with Gasteiger partial charge in [0.2, 0.25) is 0 Å². The highest BCUT2D eigenvalue weighted by atomic mass is 16.4. The predicted octanol–water partition coefficient (Wildman–Crippen LogP) is 3.62. The van der Waals surface area contributed by atoms with Crippen molar-refractivity contribution in [2.45, 2.75) is 32.8 Å². The molecule has 2 aromatic rings. The van der Waals surface area contributed by atoms with Crippen molar-refractivity contribution in [1.82, 2.24) is 0 Å². The molecule has 1 N–H and O–H groups in total. The van der Waals surface area contributed by atoms with Crippen molar-refractivity contribution in [3.8, 4) is 0 Å². The van der Waals surface area contributed by atoms with Gasteiger partial charge in [0.05, 0.1) is 0 Å². The van der Waals surface area contributed by atoms with Crippen molar-refractivity contribution in [3.63, 3.8) is 0 Å². The summed E-state index contributed by atoms with van der Waals surface area (Å²) in [6.45, 7) is 4.04. The third-order valence-corrected chi connectivity index (χ3v) is 2.86. The van der Waals surface area contributed by atoms with Gasteiger partial charge < -0.3 is 9.52 Å². The first-order chi connectivity index (χ1) is 8.20. The Balaban J connectivity index is 2.16. The molecule has 1 heterocycles. The van der Waals surface area contributed by atoms with Crippen molar-refractivity contribution >= 4 is 0 Å². The molecule has 2 rings (SSSR count). The normalized spacial score (nSPS) is 12.6. The van der Waals surface area contributed by atoms with Gasteiger partial charge in [-0.15, -0.1) is 0 Å². The average molecular weight is 230 g/mol. The molecule has 1 aromatic heterocycles. The maximum atomic E-state index is 10.1. The van der Waals surface area contributed by atoms with Gasteiger partial charge in [0, 0.05) is 0 Å². The van der Waals surface area contributed by atoms with E-state index in [0.29, 0.717) is 5.76 Å². The van der Waals surface area contributed by atoms with E-state index in [1.165, 1.54) is 5.56 Å². The van der Waals surface area contributed by atoms with E-state index < -0.39 is 6.10 Å². The average Bonchev–Trinajstić information content (AvgIpc) is 2.76. The maximum absolute atomic E-state index is 10.1. The van der Waals surface area contributed by atoms with Crippen LogP contribution in [0.1, 0.15) is 42.1 Å². The number of hydrogen-bond donors (Lipinski definition) is 1. The first kappa shape index (κ1) is 11.9. The van der Waals surface area contributed by atoms with Crippen LogP contribution in [0.3, 0.4) is 0 Å². The monoisotopic (exact) mass is 230 g/mol. The Hall–Kier alpha value is -1.54. The topological polar surface area (TPSA) is 33.4 Å². The van der Waals surface area contributed by atoms with E-state index in [0.717, 1.165) is 24.2 Å². The Kier molecular flexibility index (Phi) is 3.64. The van der Waals surface area contributed by atoms with Crippen molar-refractivity contribution in [1.29, 1.82) is 0 Å². The lowest BCUT2D eigenvalue weighted by Gasteiger charge is -2.09. The van der Waals surface area contributed by atoms with Crippen LogP contribution < -0.4 is 0 Å². The zero-order valence-corrected chi connectivity index (χ0v) is 10.3. The van der Waals surface area contributed by atoms with Gasteiger partial charge in [0.25, 0.3) is 0 Å². The molecule has 0 bridgehead atoms. The van der Waals surface area contributed by atoms with Crippen molar-refractivity contribution < 1.29 is 9.52 Å². The number of aryl methyl sites for hydroxylation is 2. The van der Waals surface area contributed by atoms with Gasteiger partial charge in [-0.2, -0.15) is 0 Å². The highest BCUT2D eigenvalue weighted by Crippen LogP contribution is 2.24. The number of aliphatic hydroxyl groups excluding tert-OH is 1. The van der Waals surface area contributed by atoms with E-state index in [2.05, 4.69) is 19.1 Å². The molecule has 0 spiro atoms. The van der Waals surface area contributed by atoms with E-state index in [-0.39, 0.29) is 0 Å². The van der Waals surface area contributed by atoms with E-state index in [4.69, 9.17) is 4.42 Å². The molecule has 0 saturated carbocycles. The van der Waals surface area contributed by atoms with Crippen LogP contribution in [0, 0.1) is 6.92 Å². The molecule has 0 radical (unpaired) electrons. The Morgan fingerprint density at radius 2 is 1.82 bits per heavy atom. The fourth-order valence-electron chi connectivity index (χ4n) is 1.92. The lowest BCUT2D eigenvalue weighted by molar-refractivity contribution is 0.187. The molecule has 1 unspecified atom stereocenters. The molecule has 2 heteroatoms. The SMILES string of the molecule is CCCc1ccc(C(O)c2ccc(C)o2)cc1. The molecule has 1 atom stereocenters. The minimum absolute atomic E-state index is 0.603. The number of hydrogen-bond acceptors (Lipinski definition) is 2. The van der Waals surface area contributed by atoms with Gasteiger partial charge in [0.15, 0.2) is 0 Å². The fourth-order valence-corrected chi connectivity index (χ4v) is 1.92. The lowest BCUT2D eigenvalue weighted by atomic mass is 10.0. The summed E-state index contributed by atoms with van der Waals surface area (Å²) >= 11 is 0. The predicted molar refractivity (Wildman–Crippen MR) is 67.9 cm³/mol. The summed E-state index contributed by atoms with van der Waals surface area (Å²) in [4.78, 5) is 0. The largest absolute Gasteiger partial charge is 0.463 e. The molecule has 17 heavy (non-hydrogen) atoms. The number of aliphatic hydroxyl groups is 1. The molecule has 2 nitrogen and oxygen atoms in total. The Bertz CT molecular complexity index is 468. The molecule has 0 saturated heterocycles.